The fraction of sp³-hybridized carbons (Fsp3) is 0.238. The number of nitrogens with zero attached hydrogens (tertiary/aromatic N) is 3. The molecule has 0 saturated heterocycles. The molecule has 0 aliphatic rings. The molecule has 3 rings (SSSR count). The Balaban J connectivity index is 1.94. The van der Waals surface area contributed by atoms with Gasteiger partial charge in [0.1, 0.15) is 23.4 Å². The number of rotatable bonds is 8. The first-order valence-electron chi connectivity index (χ1n) is 9.14. The number of hydrogen-bond acceptors (Lipinski definition) is 6. The lowest BCUT2D eigenvalue weighted by Gasteiger charge is -2.20. The summed E-state index contributed by atoms with van der Waals surface area (Å²) in [5.74, 6) is 1.35. The fourth-order valence-corrected chi connectivity index (χ4v) is 3.17. The zero-order valence-electron chi connectivity index (χ0n) is 16.9. The average Bonchev–Trinajstić information content (AvgIpc) is 3.17. The molecule has 2 aromatic carbocycles. The molecule has 0 fully saturated rings. The van der Waals surface area contributed by atoms with Gasteiger partial charge in [-0.1, -0.05) is 18.2 Å². The maximum atomic E-state index is 12.9. The van der Waals surface area contributed by atoms with Gasteiger partial charge < -0.3 is 19.4 Å². The molecule has 0 bridgehead atoms. The Morgan fingerprint density at radius 3 is 2.43 bits per heavy atom. The Morgan fingerprint density at radius 2 is 1.87 bits per heavy atom. The van der Waals surface area contributed by atoms with Gasteiger partial charge in [-0.15, -0.1) is 0 Å². The predicted molar refractivity (Wildman–Crippen MR) is 110 cm³/mol. The second-order valence-electron chi connectivity index (χ2n) is 6.61. The lowest BCUT2D eigenvalue weighted by atomic mass is 10.0. The Kier molecular flexibility index (Phi) is 6.31. The van der Waals surface area contributed by atoms with Crippen molar-refractivity contribution in [1.82, 2.24) is 14.9 Å². The van der Waals surface area contributed by atoms with Crippen LogP contribution < -0.4 is 14.8 Å². The number of hydrogen-bond donors (Lipinski definition) is 1. The molecule has 9 nitrogen and oxygen atoms in total. The molecule has 0 aliphatic carbocycles. The van der Waals surface area contributed by atoms with Crippen LogP contribution in [0.1, 0.15) is 23.0 Å². The smallest absolute Gasteiger partial charge is 0.273 e. The van der Waals surface area contributed by atoms with Crippen LogP contribution in [0.3, 0.4) is 0 Å². The summed E-state index contributed by atoms with van der Waals surface area (Å²) in [6, 6.07) is 10.9. The number of para-hydroxylation sites is 1. The van der Waals surface area contributed by atoms with E-state index in [1.807, 2.05) is 7.05 Å². The number of carbonyl (C=O) groups is 1. The molecule has 0 aliphatic heterocycles. The van der Waals surface area contributed by atoms with Crippen molar-refractivity contribution in [2.45, 2.75) is 12.5 Å². The van der Waals surface area contributed by atoms with Gasteiger partial charge in [-0.25, -0.2) is 4.98 Å². The number of nitrogens with one attached hydrogen (secondary N) is 1. The van der Waals surface area contributed by atoms with Gasteiger partial charge in [0.25, 0.3) is 5.69 Å². The van der Waals surface area contributed by atoms with E-state index in [-0.39, 0.29) is 18.0 Å². The molecule has 9 heteroatoms. The molecule has 30 heavy (non-hydrogen) atoms. The zero-order chi connectivity index (χ0) is 21.7. The van der Waals surface area contributed by atoms with Crippen molar-refractivity contribution in [1.29, 1.82) is 0 Å². The number of imidazole rings is 1. The van der Waals surface area contributed by atoms with Crippen molar-refractivity contribution in [3.8, 4) is 11.5 Å². The third-order valence-electron chi connectivity index (χ3n) is 4.67. The van der Waals surface area contributed by atoms with Crippen molar-refractivity contribution in [2.75, 3.05) is 14.2 Å². The van der Waals surface area contributed by atoms with Crippen LogP contribution >= 0.6 is 0 Å². The molecule has 1 amide bonds. The molecular formula is C21H22N4O5. The normalized spacial score (nSPS) is 11.6. The van der Waals surface area contributed by atoms with Gasteiger partial charge in [0.2, 0.25) is 5.91 Å². The van der Waals surface area contributed by atoms with Gasteiger partial charge in [-0.05, 0) is 17.7 Å². The van der Waals surface area contributed by atoms with Gasteiger partial charge >= 0.3 is 0 Å². The fourth-order valence-electron chi connectivity index (χ4n) is 3.17. The third kappa shape index (κ3) is 4.57. The minimum atomic E-state index is -0.607. The van der Waals surface area contributed by atoms with Gasteiger partial charge in [0.15, 0.2) is 0 Å². The van der Waals surface area contributed by atoms with Crippen LogP contribution in [0.2, 0.25) is 0 Å². The Bertz CT molecular complexity index is 1040. The van der Waals surface area contributed by atoms with Crippen LogP contribution in [-0.4, -0.2) is 34.6 Å². The van der Waals surface area contributed by atoms with E-state index < -0.39 is 11.0 Å². The number of ether oxygens (including phenoxy) is 2. The van der Waals surface area contributed by atoms with Crippen LogP contribution in [0.5, 0.6) is 11.5 Å². The number of amides is 1. The summed E-state index contributed by atoms with van der Waals surface area (Å²) in [6.45, 7) is 0. The minimum Gasteiger partial charge on any atom is -0.497 e. The van der Waals surface area contributed by atoms with Crippen LogP contribution in [-0.2, 0) is 18.3 Å². The molecule has 0 saturated carbocycles. The van der Waals surface area contributed by atoms with E-state index in [0.717, 1.165) is 0 Å². The Morgan fingerprint density at radius 1 is 1.20 bits per heavy atom. The van der Waals surface area contributed by atoms with Crippen LogP contribution in [0.25, 0.3) is 0 Å². The van der Waals surface area contributed by atoms with E-state index in [1.165, 1.54) is 6.07 Å². The minimum absolute atomic E-state index is 0.0933. The third-order valence-corrected chi connectivity index (χ3v) is 4.67. The maximum absolute atomic E-state index is 12.9. The van der Waals surface area contributed by atoms with Gasteiger partial charge in [0.05, 0.1) is 25.6 Å². The highest BCUT2D eigenvalue weighted by Gasteiger charge is 2.24. The molecule has 1 heterocycles. The number of benzene rings is 2. The number of carbonyl (C=O) groups excluding carboxylic acids is 1. The molecule has 1 aromatic heterocycles. The number of methoxy groups -OCH3 is 2. The predicted octanol–water partition coefficient (Wildman–Crippen LogP) is 2.79. The maximum Gasteiger partial charge on any atom is 0.273 e. The van der Waals surface area contributed by atoms with E-state index >= 15 is 0 Å². The summed E-state index contributed by atoms with van der Waals surface area (Å²) in [5, 5.41) is 14.2. The van der Waals surface area contributed by atoms with E-state index in [2.05, 4.69) is 10.3 Å². The number of nitro groups is 1. The summed E-state index contributed by atoms with van der Waals surface area (Å²) < 4.78 is 12.5. The summed E-state index contributed by atoms with van der Waals surface area (Å²) in [7, 11) is 4.91. The van der Waals surface area contributed by atoms with Crippen molar-refractivity contribution < 1.29 is 19.2 Å². The standard InChI is InChI=1S/C21H22N4O5/c1-24-9-8-22-21(24)20(15-10-16(29-2)13-17(11-15)30-3)23-19(26)12-14-6-4-5-7-18(14)25(27)28/h4-11,13,20H,12H2,1-3H3,(H,23,26). The second kappa shape index (κ2) is 9.08. The Hall–Kier alpha value is -3.88. The van der Waals surface area contributed by atoms with Crippen LogP contribution in [0.4, 0.5) is 5.69 Å². The molecule has 1 N–H and O–H groups in total. The van der Waals surface area contributed by atoms with Crippen molar-refractivity contribution >= 4 is 11.6 Å². The number of aryl methyl sites for hydroxylation is 1. The first kappa shape index (κ1) is 20.8. The number of nitro benzene ring substituents is 1. The van der Waals surface area contributed by atoms with E-state index in [9.17, 15) is 14.9 Å². The van der Waals surface area contributed by atoms with Gasteiger partial charge in [-0.2, -0.15) is 0 Å². The molecular weight excluding hydrogens is 388 g/mol. The zero-order valence-corrected chi connectivity index (χ0v) is 16.9. The van der Waals surface area contributed by atoms with Crippen molar-refractivity contribution in [3.05, 3.63) is 81.9 Å². The largest absolute Gasteiger partial charge is 0.497 e. The van der Waals surface area contributed by atoms with Crippen LogP contribution in [0, 0.1) is 10.1 Å². The quantitative estimate of drug-likeness (QED) is 0.452. The summed E-state index contributed by atoms with van der Waals surface area (Å²) in [6.07, 6.45) is 3.26. The second-order valence-corrected chi connectivity index (χ2v) is 6.61. The van der Waals surface area contributed by atoms with Crippen molar-refractivity contribution in [2.24, 2.45) is 7.05 Å². The summed E-state index contributed by atoms with van der Waals surface area (Å²) in [4.78, 5) is 28.0. The first-order valence-corrected chi connectivity index (χ1v) is 9.14. The highest BCUT2D eigenvalue weighted by atomic mass is 16.6. The average molecular weight is 410 g/mol. The topological polar surface area (TPSA) is 109 Å². The van der Waals surface area contributed by atoms with Gasteiger partial charge in [-0.3, -0.25) is 14.9 Å². The van der Waals surface area contributed by atoms with Gasteiger partial charge in [0, 0.05) is 37.1 Å². The SMILES string of the molecule is COc1cc(OC)cc(C(NC(=O)Cc2ccccc2[N+](=O)[O-])c2nccn2C)c1. The molecule has 0 radical (unpaired) electrons. The number of aromatic nitrogens is 2. The van der Waals surface area contributed by atoms with E-state index in [4.69, 9.17) is 9.47 Å². The summed E-state index contributed by atoms with van der Waals surface area (Å²) in [5.41, 5.74) is 0.947. The lowest BCUT2D eigenvalue weighted by molar-refractivity contribution is -0.385. The molecule has 1 unspecified atom stereocenters. The van der Waals surface area contributed by atoms with E-state index in [0.29, 0.717) is 28.5 Å². The monoisotopic (exact) mass is 410 g/mol. The van der Waals surface area contributed by atoms with E-state index in [1.54, 1.807) is 67.6 Å². The summed E-state index contributed by atoms with van der Waals surface area (Å²) >= 11 is 0. The van der Waals surface area contributed by atoms with Crippen LogP contribution in [0.15, 0.2) is 54.9 Å². The first-order chi connectivity index (χ1) is 14.4. The lowest BCUT2D eigenvalue weighted by Crippen LogP contribution is -2.32. The highest BCUT2D eigenvalue weighted by molar-refractivity contribution is 5.80. The molecule has 3 aromatic rings. The molecule has 156 valence electrons. The van der Waals surface area contributed by atoms with Crippen molar-refractivity contribution in [3.63, 3.8) is 0 Å². The highest BCUT2D eigenvalue weighted by Crippen LogP contribution is 2.29. The Labute approximate surface area is 173 Å². The molecule has 1 atom stereocenters. The molecule has 0 spiro atoms.